The highest BCUT2D eigenvalue weighted by Gasteiger charge is 2.29. The standard InChI is InChI=1S/C23H41NO5/c1-5-6-7-8-9-10-11-12-13-14-15-16-20(25)19-23(28)29-21(24(2,3)4)17-18-22(26)27/h7-8,10-11,20-21,25H,5-6,9,12-19H2,1-4H3/p+1/b8-7-,11-10-/t20?,21-/m0/s1. The van der Waals surface area contributed by atoms with Crippen LogP contribution in [0.5, 0.6) is 0 Å². The van der Waals surface area contributed by atoms with Gasteiger partial charge in [-0.1, -0.05) is 50.5 Å². The number of nitrogens with zero attached hydrogens (tertiary/aromatic N) is 1. The molecular weight excluding hydrogens is 370 g/mol. The molecule has 0 bridgehead atoms. The molecule has 0 radical (unpaired) electrons. The third kappa shape index (κ3) is 17.0. The monoisotopic (exact) mass is 412 g/mol. The summed E-state index contributed by atoms with van der Waals surface area (Å²) in [7, 11) is 5.56. The zero-order chi connectivity index (χ0) is 22.1. The minimum Gasteiger partial charge on any atom is -0.481 e. The van der Waals surface area contributed by atoms with Crippen LogP contribution in [0.1, 0.15) is 77.6 Å². The maximum absolute atomic E-state index is 12.1. The molecule has 0 fully saturated rings. The molecular formula is C23H42NO5+. The minimum atomic E-state index is -0.915. The number of quaternary nitrogens is 1. The molecule has 0 aromatic heterocycles. The van der Waals surface area contributed by atoms with Crippen LogP contribution in [-0.2, 0) is 14.3 Å². The van der Waals surface area contributed by atoms with Crippen molar-refractivity contribution >= 4 is 11.9 Å². The van der Waals surface area contributed by atoms with Gasteiger partial charge in [-0.2, -0.15) is 0 Å². The summed E-state index contributed by atoms with van der Waals surface area (Å²) >= 11 is 0. The second kappa shape index (κ2) is 16.2. The lowest BCUT2D eigenvalue weighted by molar-refractivity contribution is -0.917. The molecule has 0 aromatic rings. The lowest BCUT2D eigenvalue weighted by Crippen LogP contribution is -2.48. The second-order valence-corrected chi connectivity index (χ2v) is 8.46. The van der Waals surface area contributed by atoms with Gasteiger partial charge in [0.2, 0.25) is 6.23 Å². The zero-order valence-electron chi connectivity index (χ0n) is 18.8. The fourth-order valence-corrected chi connectivity index (χ4v) is 2.84. The Morgan fingerprint density at radius 1 is 0.966 bits per heavy atom. The van der Waals surface area contributed by atoms with Crippen molar-refractivity contribution in [3.05, 3.63) is 24.3 Å². The van der Waals surface area contributed by atoms with Crippen LogP contribution in [0.4, 0.5) is 0 Å². The number of esters is 1. The Hall–Kier alpha value is -1.66. The molecule has 168 valence electrons. The summed E-state index contributed by atoms with van der Waals surface area (Å²) in [5.41, 5.74) is 0. The first kappa shape index (κ1) is 27.3. The van der Waals surface area contributed by atoms with Crippen molar-refractivity contribution in [1.29, 1.82) is 0 Å². The Balaban J connectivity index is 3.97. The van der Waals surface area contributed by atoms with Crippen LogP contribution < -0.4 is 0 Å². The van der Waals surface area contributed by atoms with E-state index in [-0.39, 0.29) is 19.3 Å². The molecule has 0 rings (SSSR count). The molecule has 2 atom stereocenters. The third-order valence-electron chi connectivity index (χ3n) is 4.61. The van der Waals surface area contributed by atoms with E-state index in [1.54, 1.807) is 0 Å². The number of hydrogen-bond donors (Lipinski definition) is 2. The van der Waals surface area contributed by atoms with Gasteiger partial charge in [0.1, 0.15) is 0 Å². The summed E-state index contributed by atoms with van der Waals surface area (Å²) in [5.74, 6) is -1.39. The van der Waals surface area contributed by atoms with Gasteiger partial charge in [-0.3, -0.25) is 14.1 Å². The van der Waals surface area contributed by atoms with Crippen molar-refractivity contribution in [3.63, 3.8) is 0 Å². The number of ether oxygens (including phenoxy) is 1. The first-order chi connectivity index (χ1) is 13.7. The van der Waals surface area contributed by atoms with Gasteiger partial charge in [0.15, 0.2) is 0 Å². The van der Waals surface area contributed by atoms with Crippen molar-refractivity contribution in [2.45, 2.75) is 89.9 Å². The maximum Gasteiger partial charge on any atom is 0.312 e. The number of allylic oxidation sites excluding steroid dienone is 4. The number of carbonyl (C=O) groups is 2. The number of carbonyl (C=O) groups excluding carboxylic acids is 1. The van der Waals surface area contributed by atoms with E-state index in [2.05, 4.69) is 31.2 Å². The van der Waals surface area contributed by atoms with Gasteiger partial charge in [-0.05, 0) is 32.1 Å². The lowest BCUT2D eigenvalue weighted by Gasteiger charge is -2.33. The van der Waals surface area contributed by atoms with E-state index in [1.807, 2.05) is 21.1 Å². The number of carboxylic acid groups (broad SMARTS) is 1. The van der Waals surface area contributed by atoms with Gasteiger partial charge >= 0.3 is 11.9 Å². The van der Waals surface area contributed by atoms with E-state index in [4.69, 9.17) is 9.84 Å². The summed E-state index contributed by atoms with van der Waals surface area (Å²) in [6.07, 6.45) is 15.6. The highest BCUT2D eigenvalue weighted by atomic mass is 16.6. The van der Waals surface area contributed by atoms with Gasteiger partial charge in [0.05, 0.1) is 40.1 Å². The summed E-state index contributed by atoms with van der Waals surface area (Å²) in [6, 6.07) is 0. The van der Waals surface area contributed by atoms with Crippen LogP contribution in [0, 0.1) is 0 Å². The fourth-order valence-electron chi connectivity index (χ4n) is 2.84. The van der Waals surface area contributed by atoms with Crippen molar-refractivity contribution in [3.8, 4) is 0 Å². The molecule has 0 aliphatic rings. The molecule has 0 aromatic carbocycles. The van der Waals surface area contributed by atoms with Crippen molar-refractivity contribution in [2.24, 2.45) is 0 Å². The number of aliphatic hydroxyl groups is 1. The number of aliphatic carboxylic acids is 1. The summed E-state index contributed by atoms with van der Waals surface area (Å²) < 4.78 is 5.77. The minimum absolute atomic E-state index is 0.0480. The molecule has 29 heavy (non-hydrogen) atoms. The quantitative estimate of drug-likeness (QED) is 0.121. The molecule has 0 saturated carbocycles. The zero-order valence-corrected chi connectivity index (χ0v) is 18.8. The van der Waals surface area contributed by atoms with Gasteiger partial charge in [0.25, 0.3) is 0 Å². The third-order valence-corrected chi connectivity index (χ3v) is 4.61. The van der Waals surface area contributed by atoms with E-state index in [1.165, 1.54) is 6.42 Å². The maximum atomic E-state index is 12.1. The van der Waals surface area contributed by atoms with Gasteiger partial charge in [-0.15, -0.1) is 0 Å². The fraction of sp³-hybridized carbons (Fsp3) is 0.739. The van der Waals surface area contributed by atoms with E-state index < -0.39 is 24.3 Å². The van der Waals surface area contributed by atoms with Crippen molar-refractivity contribution < 1.29 is 29.0 Å². The lowest BCUT2D eigenvalue weighted by atomic mass is 10.1. The molecule has 1 unspecified atom stereocenters. The second-order valence-electron chi connectivity index (χ2n) is 8.46. The number of unbranched alkanes of at least 4 members (excludes halogenated alkanes) is 4. The molecule has 6 heteroatoms. The highest BCUT2D eigenvalue weighted by molar-refractivity contribution is 5.70. The van der Waals surface area contributed by atoms with E-state index >= 15 is 0 Å². The van der Waals surface area contributed by atoms with Crippen LogP contribution in [0.15, 0.2) is 24.3 Å². The smallest absolute Gasteiger partial charge is 0.312 e. The first-order valence-corrected chi connectivity index (χ1v) is 10.9. The topological polar surface area (TPSA) is 83.8 Å². The van der Waals surface area contributed by atoms with Gasteiger partial charge < -0.3 is 14.9 Å². The Morgan fingerprint density at radius 3 is 2.21 bits per heavy atom. The average Bonchev–Trinajstić information content (AvgIpc) is 2.62. The summed E-state index contributed by atoms with van der Waals surface area (Å²) in [4.78, 5) is 22.9. The summed E-state index contributed by atoms with van der Waals surface area (Å²) in [6.45, 7) is 2.17. The molecule has 0 amide bonds. The van der Waals surface area contributed by atoms with Crippen LogP contribution >= 0.6 is 0 Å². The van der Waals surface area contributed by atoms with Crippen LogP contribution in [0.2, 0.25) is 0 Å². The molecule has 0 spiro atoms. The van der Waals surface area contributed by atoms with Crippen LogP contribution in [0.3, 0.4) is 0 Å². The van der Waals surface area contributed by atoms with E-state index in [0.29, 0.717) is 10.9 Å². The van der Waals surface area contributed by atoms with Crippen molar-refractivity contribution in [2.75, 3.05) is 21.1 Å². The van der Waals surface area contributed by atoms with Crippen molar-refractivity contribution in [1.82, 2.24) is 0 Å². The number of aliphatic hydroxyl groups excluding tert-OH is 1. The Kier molecular flexibility index (Phi) is 15.2. The predicted octanol–water partition coefficient (Wildman–Crippen LogP) is 4.43. The number of hydrogen-bond acceptors (Lipinski definition) is 4. The predicted molar refractivity (Wildman–Crippen MR) is 116 cm³/mol. The highest BCUT2D eigenvalue weighted by Crippen LogP contribution is 2.15. The average molecular weight is 413 g/mol. The molecule has 0 aliphatic carbocycles. The van der Waals surface area contributed by atoms with Gasteiger partial charge in [-0.25, -0.2) is 0 Å². The Bertz CT molecular complexity index is 508. The number of rotatable bonds is 17. The molecule has 2 N–H and O–H groups in total. The van der Waals surface area contributed by atoms with E-state index in [9.17, 15) is 14.7 Å². The number of carboxylic acids is 1. The van der Waals surface area contributed by atoms with Crippen LogP contribution in [-0.4, -0.2) is 60.1 Å². The normalized spacial score (nSPS) is 14.4. The van der Waals surface area contributed by atoms with E-state index in [0.717, 1.165) is 38.5 Å². The van der Waals surface area contributed by atoms with Crippen LogP contribution in [0.25, 0.3) is 0 Å². The first-order valence-electron chi connectivity index (χ1n) is 10.9. The Morgan fingerprint density at radius 2 is 1.62 bits per heavy atom. The summed E-state index contributed by atoms with van der Waals surface area (Å²) in [5, 5.41) is 18.9. The largest absolute Gasteiger partial charge is 0.481 e. The molecule has 0 saturated heterocycles. The molecule has 0 aliphatic heterocycles. The van der Waals surface area contributed by atoms with Gasteiger partial charge in [0, 0.05) is 6.42 Å². The molecule has 0 heterocycles. The molecule has 6 nitrogen and oxygen atoms in total. The Labute approximate surface area is 176 Å². The SMILES string of the molecule is CCC/C=C\C/C=C\CCCCCC(O)CC(=O)O[C@@H](CCC(=O)O)[N+](C)(C)C.